The molecule has 1 atom stereocenters. The fourth-order valence-electron chi connectivity index (χ4n) is 4.72. The summed E-state index contributed by atoms with van der Waals surface area (Å²) >= 11 is 1.96. The molecular weight excluding hydrogens is 460 g/mol. The summed E-state index contributed by atoms with van der Waals surface area (Å²) in [5.74, 6) is 2.46. The minimum Gasteiger partial charge on any atom is -0.489 e. The Hall–Kier alpha value is -2.64. The Labute approximate surface area is 212 Å². The van der Waals surface area contributed by atoms with E-state index in [0.717, 1.165) is 42.3 Å². The van der Waals surface area contributed by atoms with Crippen LogP contribution in [-0.2, 0) is 28.5 Å². The van der Waals surface area contributed by atoms with Crippen molar-refractivity contribution in [3.05, 3.63) is 64.7 Å². The first-order chi connectivity index (χ1) is 17.0. The third-order valence-corrected chi connectivity index (χ3v) is 7.91. The van der Waals surface area contributed by atoms with Gasteiger partial charge < -0.3 is 14.5 Å². The highest BCUT2D eigenvalue weighted by Gasteiger charge is 2.39. The average molecular weight is 495 g/mol. The molecular formula is C28H34N2O4S. The third kappa shape index (κ3) is 6.14. The standard InChI is InChI=1S/C28H34N2O4S/c1-3-29(4-2)14-15-35-19-21-10-8-20(9-11-21)18-34-27-7-5-6-23-24(27)17-30(28(23)33)25-13-12-22(31)16-26(25)32/h5-11,25H,3-4,12-19H2,1-2H3. The Morgan fingerprint density at radius 3 is 2.49 bits per heavy atom. The Balaban J connectivity index is 1.32. The lowest BCUT2D eigenvalue weighted by Crippen LogP contribution is -2.44. The second kappa shape index (κ2) is 11.9. The molecule has 1 aliphatic carbocycles. The molecule has 1 amide bonds. The van der Waals surface area contributed by atoms with Gasteiger partial charge in [-0.15, -0.1) is 0 Å². The van der Waals surface area contributed by atoms with Crippen molar-refractivity contribution in [2.45, 2.75) is 58.1 Å². The van der Waals surface area contributed by atoms with Crippen LogP contribution in [0.25, 0.3) is 0 Å². The van der Waals surface area contributed by atoms with Gasteiger partial charge in [0.1, 0.15) is 18.1 Å². The molecule has 1 fully saturated rings. The van der Waals surface area contributed by atoms with Crippen LogP contribution in [0, 0.1) is 0 Å². The van der Waals surface area contributed by atoms with Crippen molar-refractivity contribution in [1.82, 2.24) is 9.80 Å². The lowest BCUT2D eigenvalue weighted by Gasteiger charge is -2.29. The van der Waals surface area contributed by atoms with Crippen LogP contribution in [0.3, 0.4) is 0 Å². The molecule has 0 aromatic heterocycles. The normalized spacial score (nSPS) is 17.9. The summed E-state index contributed by atoms with van der Waals surface area (Å²) < 4.78 is 6.12. The second-order valence-electron chi connectivity index (χ2n) is 9.14. The summed E-state index contributed by atoms with van der Waals surface area (Å²) in [6, 6.07) is 13.5. The summed E-state index contributed by atoms with van der Waals surface area (Å²) in [7, 11) is 0. The molecule has 1 unspecified atom stereocenters. The molecule has 1 aliphatic heterocycles. The molecule has 0 radical (unpaired) electrons. The lowest BCUT2D eigenvalue weighted by atomic mass is 9.92. The summed E-state index contributed by atoms with van der Waals surface area (Å²) in [6.07, 6.45) is 0.691. The maximum absolute atomic E-state index is 13.0. The molecule has 0 N–H and O–H groups in total. The highest BCUT2D eigenvalue weighted by atomic mass is 32.2. The van der Waals surface area contributed by atoms with E-state index < -0.39 is 6.04 Å². The second-order valence-corrected chi connectivity index (χ2v) is 10.2. The van der Waals surface area contributed by atoms with Crippen molar-refractivity contribution >= 4 is 29.2 Å². The molecule has 4 rings (SSSR count). The fraction of sp³-hybridized carbons (Fsp3) is 0.464. The number of thioether (sulfide) groups is 1. The predicted molar refractivity (Wildman–Crippen MR) is 139 cm³/mol. The van der Waals surface area contributed by atoms with Gasteiger partial charge in [-0.05, 0) is 42.8 Å². The van der Waals surface area contributed by atoms with Gasteiger partial charge >= 0.3 is 0 Å². The maximum atomic E-state index is 13.0. The number of amides is 1. The van der Waals surface area contributed by atoms with Crippen molar-refractivity contribution in [1.29, 1.82) is 0 Å². The highest BCUT2D eigenvalue weighted by Crippen LogP contribution is 2.34. The molecule has 0 saturated heterocycles. The Morgan fingerprint density at radius 2 is 1.77 bits per heavy atom. The van der Waals surface area contributed by atoms with Gasteiger partial charge in [0, 0.05) is 35.6 Å². The molecule has 186 valence electrons. The van der Waals surface area contributed by atoms with Gasteiger partial charge in [-0.25, -0.2) is 0 Å². The Bertz CT molecular complexity index is 1070. The van der Waals surface area contributed by atoms with E-state index in [-0.39, 0.29) is 23.9 Å². The topological polar surface area (TPSA) is 66.9 Å². The van der Waals surface area contributed by atoms with Gasteiger partial charge in [0.25, 0.3) is 5.91 Å². The molecule has 7 heteroatoms. The zero-order chi connectivity index (χ0) is 24.8. The first-order valence-corrected chi connectivity index (χ1v) is 13.6. The zero-order valence-corrected chi connectivity index (χ0v) is 21.4. The predicted octanol–water partition coefficient (Wildman–Crippen LogP) is 4.49. The Morgan fingerprint density at radius 1 is 1.03 bits per heavy atom. The van der Waals surface area contributed by atoms with Crippen LogP contribution in [0.4, 0.5) is 0 Å². The van der Waals surface area contributed by atoms with Crippen molar-refractivity contribution in [3.63, 3.8) is 0 Å². The van der Waals surface area contributed by atoms with E-state index in [4.69, 9.17) is 4.74 Å². The minimum atomic E-state index is -0.516. The fourth-order valence-corrected chi connectivity index (χ4v) is 5.68. The van der Waals surface area contributed by atoms with Crippen LogP contribution in [0.5, 0.6) is 5.75 Å². The van der Waals surface area contributed by atoms with Gasteiger partial charge in [0.15, 0.2) is 5.78 Å². The van der Waals surface area contributed by atoms with Gasteiger partial charge in [0.05, 0.1) is 19.0 Å². The van der Waals surface area contributed by atoms with E-state index in [0.29, 0.717) is 37.3 Å². The number of ketones is 2. The monoisotopic (exact) mass is 494 g/mol. The first-order valence-electron chi connectivity index (χ1n) is 12.5. The van der Waals surface area contributed by atoms with Crippen molar-refractivity contribution < 1.29 is 19.1 Å². The zero-order valence-electron chi connectivity index (χ0n) is 20.6. The van der Waals surface area contributed by atoms with Gasteiger partial charge in [-0.2, -0.15) is 11.8 Å². The number of hydrogen-bond donors (Lipinski definition) is 0. The van der Waals surface area contributed by atoms with Crippen LogP contribution in [0.15, 0.2) is 42.5 Å². The van der Waals surface area contributed by atoms with Crippen LogP contribution >= 0.6 is 11.8 Å². The number of Topliss-reactive ketones (excluding diaryl/α,β-unsaturated/α-hetero) is 2. The van der Waals surface area contributed by atoms with Crippen molar-refractivity contribution in [3.8, 4) is 5.75 Å². The Kier molecular flexibility index (Phi) is 8.63. The molecule has 1 saturated carbocycles. The maximum Gasteiger partial charge on any atom is 0.255 e. The van der Waals surface area contributed by atoms with Crippen molar-refractivity contribution in [2.24, 2.45) is 0 Å². The summed E-state index contributed by atoms with van der Waals surface area (Å²) in [6.45, 7) is 8.49. The number of fused-ring (bicyclic) bond motifs is 1. The number of carbonyl (C=O) groups excluding carboxylic acids is 3. The van der Waals surface area contributed by atoms with Gasteiger partial charge in [-0.1, -0.05) is 44.2 Å². The minimum absolute atomic E-state index is 0.0383. The van der Waals surface area contributed by atoms with Gasteiger partial charge in [0.2, 0.25) is 0 Å². The summed E-state index contributed by atoms with van der Waals surface area (Å²) in [5.41, 5.74) is 3.78. The summed E-state index contributed by atoms with van der Waals surface area (Å²) in [5, 5.41) is 0. The molecule has 1 heterocycles. The van der Waals surface area contributed by atoms with E-state index in [9.17, 15) is 14.4 Å². The SMILES string of the molecule is CCN(CC)CCSCc1ccc(COc2cccc3c2CN(C2CCC(=O)CC2=O)C3=O)cc1. The van der Waals surface area contributed by atoms with Gasteiger partial charge in [-0.3, -0.25) is 14.4 Å². The molecule has 2 aromatic rings. The number of hydrogen-bond acceptors (Lipinski definition) is 6. The van der Waals surface area contributed by atoms with E-state index in [1.807, 2.05) is 23.9 Å². The third-order valence-electron chi connectivity index (χ3n) is 6.90. The van der Waals surface area contributed by atoms with E-state index in [1.54, 1.807) is 11.0 Å². The number of rotatable bonds is 11. The van der Waals surface area contributed by atoms with Crippen molar-refractivity contribution in [2.75, 3.05) is 25.4 Å². The first kappa shape index (κ1) is 25.5. The van der Waals surface area contributed by atoms with E-state index in [1.165, 1.54) is 5.56 Å². The van der Waals surface area contributed by atoms with E-state index in [2.05, 4.69) is 43.0 Å². The molecule has 2 aromatic carbocycles. The number of benzene rings is 2. The molecule has 35 heavy (non-hydrogen) atoms. The van der Waals surface area contributed by atoms with Crippen LogP contribution in [0.2, 0.25) is 0 Å². The number of ether oxygens (including phenoxy) is 1. The molecule has 2 aliphatic rings. The quantitative estimate of drug-likeness (QED) is 0.339. The molecule has 6 nitrogen and oxygen atoms in total. The average Bonchev–Trinajstić information content (AvgIpc) is 3.20. The lowest BCUT2D eigenvalue weighted by molar-refractivity contribution is -0.133. The highest BCUT2D eigenvalue weighted by molar-refractivity contribution is 7.98. The molecule has 0 spiro atoms. The number of nitrogens with zero attached hydrogens (tertiary/aromatic N) is 2. The van der Waals surface area contributed by atoms with Crippen LogP contribution in [-0.4, -0.2) is 58.7 Å². The largest absolute Gasteiger partial charge is 0.489 e. The van der Waals surface area contributed by atoms with Crippen LogP contribution in [0.1, 0.15) is 60.2 Å². The number of carbonyl (C=O) groups is 3. The van der Waals surface area contributed by atoms with E-state index >= 15 is 0 Å². The molecule has 0 bridgehead atoms. The summed E-state index contributed by atoms with van der Waals surface area (Å²) in [4.78, 5) is 41.0. The smallest absolute Gasteiger partial charge is 0.255 e. The van der Waals surface area contributed by atoms with Crippen LogP contribution < -0.4 is 4.74 Å².